The van der Waals surface area contributed by atoms with Crippen LogP contribution in [0.25, 0.3) is 0 Å². The average molecular weight is 317 g/mol. The van der Waals surface area contributed by atoms with Crippen LogP contribution in [0.15, 0.2) is 29.9 Å². The largest absolute Gasteiger partial charge is 0.337 e. The summed E-state index contributed by atoms with van der Waals surface area (Å²) in [6.07, 6.45) is 7.74. The van der Waals surface area contributed by atoms with Gasteiger partial charge in [0, 0.05) is 48.3 Å². The van der Waals surface area contributed by atoms with E-state index in [1.165, 1.54) is 6.20 Å². The van der Waals surface area contributed by atoms with Crippen molar-refractivity contribution < 1.29 is 8.42 Å². The van der Waals surface area contributed by atoms with E-state index in [1.807, 2.05) is 29.2 Å². The van der Waals surface area contributed by atoms with Gasteiger partial charge in [0.05, 0.1) is 6.33 Å². The Kier molecular flexibility index (Phi) is 4.49. The molecule has 8 heteroatoms. The first-order valence-corrected chi connectivity index (χ1v) is 8.66. The maximum Gasteiger partial charge on any atom is 0.280 e. The van der Waals surface area contributed by atoms with Gasteiger partial charge in [0.25, 0.3) is 9.05 Å². The Labute approximate surface area is 122 Å². The van der Waals surface area contributed by atoms with Gasteiger partial charge in [-0.3, -0.25) is 0 Å². The van der Waals surface area contributed by atoms with Crippen LogP contribution >= 0.6 is 10.7 Å². The van der Waals surface area contributed by atoms with E-state index < -0.39 is 9.05 Å². The molecule has 0 amide bonds. The van der Waals surface area contributed by atoms with E-state index in [2.05, 4.69) is 9.97 Å². The summed E-state index contributed by atoms with van der Waals surface area (Å²) in [5, 5.41) is -0.0782. The predicted octanol–water partition coefficient (Wildman–Crippen LogP) is 2.22. The summed E-state index contributed by atoms with van der Waals surface area (Å²) in [4.78, 5) is 8.10. The van der Waals surface area contributed by atoms with Crippen LogP contribution in [-0.2, 0) is 22.1 Å². The molecule has 0 aliphatic heterocycles. The minimum Gasteiger partial charge on any atom is -0.337 e. The van der Waals surface area contributed by atoms with Gasteiger partial charge in [-0.2, -0.15) is 0 Å². The molecule has 2 rings (SSSR count). The topological polar surface area (TPSA) is 69.8 Å². The molecule has 2 aromatic heterocycles. The minimum absolute atomic E-state index is 0.0782. The first-order valence-electron chi connectivity index (χ1n) is 6.35. The Balaban J connectivity index is 2.11. The molecule has 20 heavy (non-hydrogen) atoms. The molecule has 0 atom stereocenters. The Morgan fingerprint density at radius 1 is 1.35 bits per heavy atom. The van der Waals surface area contributed by atoms with Crippen LogP contribution in [0.3, 0.4) is 0 Å². The summed E-state index contributed by atoms with van der Waals surface area (Å²) in [5.74, 6) is 0.866. The van der Waals surface area contributed by atoms with Gasteiger partial charge in [-0.05, 0) is 6.42 Å². The van der Waals surface area contributed by atoms with Crippen molar-refractivity contribution in [2.45, 2.75) is 44.3 Å². The lowest BCUT2D eigenvalue weighted by atomic mass is 10.2. The van der Waals surface area contributed by atoms with Crippen LogP contribution in [-0.4, -0.2) is 27.5 Å². The van der Waals surface area contributed by atoms with Gasteiger partial charge in [0.15, 0.2) is 5.03 Å². The molecule has 110 valence electrons. The first-order chi connectivity index (χ1) is 9.38. The number of hydrogen-bond acceptors (Lipinski definition) is 4. The molecule has 0 saturated heterocycles. The van der Waals surface area contributed by atoms with E-state index in [4.69, 9.17) is 10.7 Å². The Hall–Kier alpha value is -1.34. The highest BCUT2D eigenvalue weighted by Crippen LogP contribution is 2.20. The molecule has 0 aliphatic rings. The Morgan fingerprint density at radius 3 is 2.65 bits per heavy atom. The van der Waals surface area contributed by atoms with Crippen LogP contribution in [0.1, 0.15) is 32.0 Å². The summed E-state index contributed by atoms with van der Waals surface area (Å²) in [5.41, 5.74) is 0. The predicted molar refractivity (Wildman–Crippen MR) is 76.2 cm³/mol. The van der Waals surface area contributed by atoms with Gasteiger partial charge >= 0.3 is 0 Å². The highest BCUT2D eigenvalue weighted by atomic mass is 35.7. The van der Waals surface area contributed by atoms with Gasteiger partial charge < -0.3 is 9.13 Å². The number of halogens is 1. The molecule has 0 bridgehead atoms. The molecule has 0 aliphatic carbocycles. The first kappa shape index (κ1) is 15.1. The van der Waals surface area contributed by atoms with Gasteiger partial charge in [-0.25, -0.2) is 18.4 Å². The quantitative estimate of drug-likeness (QED) is 0.766. The maximum absolute atomic E-state index is 11.4. The van der Waals surface area contributed by atoms with E-state index in [-0.39, 0.29) is 10.9 Å². The molecule has 0 N–H and O–H groups in total. The normalized spacial score (nSPS) is 12.2. The van der Waals surface area contributed by atoms with Gasteiger partial charge in [0.1, 0.15) is 5.82 Å². The third-order valence-corrected chi connectivity index (χ3v) is 4.10. The molecule has 0 fully saturated rings. The van der Waals surface area contributed by atoms with Crippen molar-refractivity contribution in [2.24, 2.45) is 0 Å². The fourth-order valence-corrected chi connectivity index (χ4v) is 2.68. The van der Waals surface area contributed by atoms with E-state index in [1.54, 1.807) is 12.5 Å². The Bertz CT molecular complexity index is 662. The smallest absolute Gasteiger partial charge is 0.280 e. The lowest BCUT2D eigenvalue weighted by Gasteiger charge is -2.10. The highest BCUT2D eigenvalue weighted by Gasteiger charge is 2.19. The molecular formula is C12H17ClN4O2S. The number of nitrogens with zero attached hydrogens (tertiary/aromatic N) is 4. The second-order valence-corrected chi connectivity index (χ2v) is 7.39. The second kappa shape index (κ2) is 5.97. The third-order valence-electron chi connectivity index (χ3n) is 2.93. The summed E-state index contributed by atoms with van der Waals surface area (Å²) < 4.78 is 26.6. The van der Waals surface area contributed by atoms with Gasteiger partial charge in [0.2, 0.25) is 0 Å². The van der Waals surface area contributed by atoms with E-state index in [9.17, 15) is 8.42 Å². The van der Waals surface area contributed by atoms with Crippen LogP contribution in [0.4, 0.5) is 0 Å². The fourth-order valence-electron chi connectivity index (χ4n) is 2.01. The van der Waals surface area contributed by atoms with Crippen molar-refractivity contribution in [3.05, 3.63) is 30.7 Å². The summed E-state index contributed by atoms with van der Waals surface area (Å²) in [6.45, 7) is 5.45. The third kappa shape index (κ3) is 3.61. The van der Waals surface area contributed by atoms with Gasteiger partial charge in [-0.1, -0.05) is 13.8 Å². The van der Waals surface area contributed by atoms with Crippen molar-refractivity contribution in [1.82, 2.24) is 19.1 Å². The maximum atomic E-state index is 11.4. The van der Waals surface area contributed by atoms with E-state index in [0.717, 1.165) is 18.8 Å². The molecule has 0 aromatic carbocycles. The molecule has 0 spiro atoms. The molecule has 6 nitrogen and oxygen atoms in total. The lowest BCUT2D eigenvalue weighted by Crippen LogP contribution is -2.07. The molecule has 2 heterocycles. The average Bonchev–Trinajstić information content (AvgIpc) is 2.96. The summed E-state index contributed by atoms with van der Waals surface area (Å²) in [7, 11) is 1.57. The number of imidazole rings is 2. The van der Waals surface area contributed by atoms with Crippen molar-refractivity contribution in [2.75, 3.05) is 0 Å². The SMILES string of the molecule is CC(C)c1nc(S(=O)(=O)Cl)cn1CCCn1ccnc1. The fraction of sp³-hybridized carbons (Fsp3) is 0.500. The zero-order valence-electron chi connectivity index (χ0n) is 11.4. The monoisotopic (exact) mass is 316 g/mol. The standard InChI is InChI=1S/C12H17ClN4O2S/c1-10(2)12-15-11(20(13,18)19)8-17(12)6-3-5-16-7-4-14-9-16/h4,7-10H,3,5-6H2,1-2H3. The van der Waals surface area contributed by atoms with Crippen LogP contribution in [0.2, 0.25) is 0 Å². The zero-order chi connectivity index (χ0) is 14.8. The summed E-state index contributed by atoms with van der Waals surface area (Å²) in [6, 6.07) is 0. The van der Waals surface area contributed by atoms with E-state index >= 15 is 0 Å². The van der Waals surface area contributed by atoms with Crippen molar-refractivity contribution in [1.29, 1.82) is 0 Å². The number of aromatic nitrogens is 4. The highest BCUT2D eigenvalue weighted by molar-refractivity contribution is 8.13. The molecule has 0 radical (unpaired) electrons. The molecule has 2 aromatic rings. The van der Waals surface area contributed by atoms with Crippen LogP contribution in [0.5, 0.6) is 0 Å². The summed E-state index contributed by atoms with van der Waals surface area (Å²) >= 11 is 0. The second-order valence-electron chi connectivity index (χ2n) is 4.88. The number of rotatable bonds is 6. The van der Waals surface area contributed by atoms with E-state index in [0.29, 0.717) is 6.54 Å². The lowest BCUT2D eigenvalue weighted by molar-refractivity contribution is 0.538. The Morgan fingerprint density at radius 2 is 2.10 bits per heavy atom. The van der Waals surface area contributed by atoms with Crippen LogP contribution in [0, 0.1) is 0 Å². The number of aryl methyl sites for hydroxylation is 2. The molecular weight excluding hydrogens is 300 g/mol. The zero-order valence-corrected chi connectivity index (χ0v) is 13.0. The van der Waals surface area contributed by atoms with Gasteiger partial charge in [-0.15, -0.1) is 0 Å². The van der Waals surface area contributed by atoms with Crippen LogP contribution < -0.4 is 0 Å². The minimum atomic E-state index is -3.78. The van der Waals surface area contributed by atoms with Crippen molar-refractivity contribution in [3.8, 4) is 0 Å². The van der Waals surface area contributed by atoms with Crippen molar-refractivity contribution in [3.63, 3.8) is 0 Å². The molecule has 0 unspecified atom stereocenters. The van der Waals surface area contributed by atoms with Crippen molar-refractivity contribution >= 4 is 19.7 Å². The number of hydrogen-bond donors (Lipinski definition) is 0. The molecule has 0 saturated carbocycles.